The standard InChI is InChI=1S/C15H24N4O2/c1-12-14(9-16-11-18-12)15(20)17-8-13-4-6-19(10-13)5-3-7-21-2/h9,11,13H,3-8,10H2,1-2H3,(H,17,20)/t13-/m1/s1. The van der Waals surface area contributed by atoms with Crippen molar-refractivity contribution in [3.8, 4) is 0 Å². The number of carbonyl (C=O) groups excluding carboxylic acids is 1. The highest BCUT2D eigenvalue weighted by atomic mass is 16.5. The molecule has 0 unspecified atom stereocenters. The minimum absolute atomic E-state index is 0.0778. The minimum Gasteiger partial charge on any atom is -0.385 e. The second-order valence-electron chi connectivity index (χ2n) is 5.53. The van der Waals surface area contributed by atoms with E-state index in [4.69, 9.17) is 4.74 Å². The molecule has 21 heavy (non-hydrogen) atoms. The first kappa shape index (κ1) is 15.9. The fourth-order valence-corrected chi connectivity index (χ4v) is 2.66. The maximum Gasteiger partial charge on any atom is 0.254 e. The lowest BCUT2D eigenvalue weighted by Gasteiger charge is -2.16. The van der Waals surface area contributed by atoms with Gasteiger partial charge in [-0.25, -0.2) is 9.97 Å². The zero-order chi connectivity index (χ0) is 15.1. The largest absolute Gasteiger partial charge is 0.385 e. The fourth-order valence-electron chi connectivity index (χ4n) is 2.66. The Labute approximate surface area is 125 Å². The Balaban J connectivity index is 1.72. The molecule has 0 spiro atoms. The summed E-state index contributed by atoms with van der Waals surface area (Å²) in [6.07, 6.45) is 5.23. The SMILES string of the molecule is COCCCN1CC[C@H](CNC(=O)c2cncnc2C)C1. The van der Waals surface area contributed by atoms with Gasteiger partial charge in [0.25, 0.3) is 5.91 Å². The number of nitrogens with zero attached hydrogens (tertiary/aromatic N) is 3. The van der Waals surface area contributed by atoms with Crippen molar-refractivity contribution in [2.75, 3.05) is 39.9 Å². The van der Waals surface area contributed by atoms with Crippen LogP contribution in [0.2, 0.25) is 0 Å². The second-order valence-corrected chi connectivity index (χ2v) is 5.53. The van der Waals surface area contributed by atoms with E-state index in [1.54, 1.807) is 13.3 Å². The summed E-state index contributed by atoms with van der Waals surface area (Å²) in [5.41, 5.74) is 1.28. The van der Waals surface area contributed by atoms with Crippen molar-refractivity contribution in [2.24, 2.45) is 5.92 Å². The molecule has 1 aliphatic heterocycles. The van der Waals surface area contributed by atoms with Gasteiger partial charge in [-0.3, -0.25) is 4.79 Å². The second kappa shape index (κ2) is 8.05. The topological polar surface area (TPSA) is 67.3 Å². The lowest BCUT2D eigenvalue weighted by molar-refractivity contribution is 0.0946. The van der Waals surface area contributed by atoms with Crippen molar-refractivity contribution in [3.05, 3.63) is 23.8 Å². The van der Waals surface area contributed by atoms with Gasteiger partial charge in [0.2, 0.25) is 0 Å². The summed E-state index contributed by atoms with van der Waals surface area (Å²) in [7, 11) is 1.73. The van der Waals surface area contributed by atoms with Gasteiger partial charge in [0.05, 0.1) is 11.3 Å². The Kier molecular flexibility index (Phi) is 6.07. The monoisotopic (exact) mass is 292 g/mol. The number of aryl methyl sites for hydroxylation is 1. The van der Waals surface area contributed by atoms with Gasteiger partial charge in [0, 0.05) is 39.5 Å². The van der Waals surface area contributed by atoms with Gasteiger partial charge in [-0.15, -0.1) is 0 Å². The van der Waals surface area contributed by atoms with Crippen molar-refractivity contribution in [1.29, 1.82) is 0 Å². The number of nitrogens with one attached hydrogen (secondary N) is 1. The van der Waals surface area contributed by atoms with Gasteiger partial charge in [-0.1, -0.05) is 0 Å². The lowest BCUT2D eigenvalue weighted by Crippen LogP contribution is -2.32. The molecule has 1 aromatic heterocycles. The maximum absolute atomic E-state index is 12.1. The van der Waals surface area contributed by atoms with Gasteiger partial charge >= 0.3 is 0 Å². The predicted octanol–water partition coefficient (Wildman–Crippen LogP) is 0.873. The molecule has 2 rings (SSSR count). The van der Waals surface area contributed by atoms with Crippen LogP contribution in [0.25, 0.3) is 0 Å². The van der Waals surface area contributed by atoms with Crippen LogP contribution in [0.1, 0.15) is 28.9 Å². The van der Waals surface area contributed by atoms with Crippen molar-refractivity contribution >= 4 is 5.91 Å². The van der Waals surface area contributed by atoms with E-state index in [9.17, 15) is 4.79 Å². The molecule has 1 fully saturated rings. The normalized spacial score (nSPS) is 18.9. The number of hydrogen-bond donors (Lipinski definition) is 1. The first-order valence-electron chi connectivity index (χ1n) is 7.46. The summed E-state index contributed by atoms with van der Waals surface area (Å²) in [5, 5.41) is 3.00. The quantitative estimate of drug-likeness (QED) is 0.755. The highest BCUT2D eigenvalue weighted by Crippen LogP contribution is 2.15. The molecular formula is C15H24N4O2. The van der Waals surface area contributed by atoms with Crippen LogP contribution in [0.5, 0.6) is 0 Å². The molecule has 6 heteroatoms. The van der Waals surface area contributed by atoms with Gasteiger partial charge in [-0.05, 0) is 32.2 Å². The molecule has 116 valence electrons. The van der Waals surface area contributed by atoms with Crippen molar-refractivity contribution in [3.63, 3.8) is 0 Å². The fraction of sp³-hybridized carbons (Fsp3) is 0.667. The summed E-state index contributed by atoms with van der Waals surface area (Å²) in [5.74, 6) is 0.451. The van der Waals surface area contributed by atoms with Crippen LogP contribution >= 0.6 is 0 Å². The first-order valence-corrected chi connectivity index (χ1v) is 7.46. The summed E-state index contributed by atoms with van der Waals surface area (Å²) >= 11 is 0. The van der Waals surface area contributed by atoms with Crippen LogP contribution in [0.3, 0.4) is 0 Å². The Morgan fingerprint density at radius 3 is 3.19 bits per heavy atom. The van der Waals surface area contributed by atoms with E-state index in [0.29, 0.717) is 18.0 Å². The smallest absolute Gasteiger partial charge is 0.254 e. The third-order valence-corrected chi connectivity index (χ3v) is 3.90. The molecule has 0 saturated carbocycles. The van der Waals surface area contributed by atoms with Crippen molar-refractivity contribution in [1.82, 2.24) is 20.2 Å². The van der Waals surface area contributed by atoms with E-state index >= 15 is 0 Å². The molecule has 0 bridgehead atoms. The van der Waals surface area contributed by atoms with E-state index in [1.807, 2.05) is 6.92 Å². The molecule has 2 heterocycles. The Hall–Kier alpha value is -1.53. The molecule has 1 saturated heterocycles. The molecule has 0 aromatic carbocycles. The minimum atomic E-state index is -0.0778. The molecule has 1 amide bonds. The number of methoxy groups -OCH3 is 1. The molecule has 1 aliphatic rings. The van der Waals surface area contributed by atoms with Crippen LogP contribution in [0, 0.1) is 12.8 Å². The molecule has 0 radical (unpaired) electrons. The van der Waals surface area contributed by atoms with Gasteiger partial charge in [0.15, 0.2) is 0 Å². The Morgan fingerprint density at radius 1 is 1.57 bits per heavy atom. The third kappa shape index (κ3) is 4.75. The average Bonchev–Trinajstić information content (AvgIpc) is 2.93. The molecule has 6 nitrogen and oxygen atoms in total. The van der Waals surface area contributed by atoms with Crippen molar-refractivity contribution < 1.29 is 9.53 Å². The Bertz CT molecular complexity index is 467. The number of ether oxygens (including phenoxy) is 1. The summed E-state index contributed by atoms with van der Waals surface area (Å²) in [6, 6.07) is 0. The highest BCUT2D eigenvalue weighted by molar-refractivity contribution is 5.94. The zero-order valence-electron chi connectivity index (χ0n) is 12.8. The predicted molar refractivity (Wildman–Crippen MR) is 80.1 cm³/mol. The number of carbonyl (C=O) groups is 1. The number of hydrogen-bond acceptors (Lipinski definition) is 5. The number of aromatic nitrogens is 2. The van der Waals surface area contributed by atoms with Crippen LogP contribution < -0.4 is 5.32 Å². The van der Waals surface area contributed by atoms with Crippen LogP contribution in [0.15, 0.2) is 12.5 Å². The lowest BCUT2D eigenvalue weighted by atomic mass is 10.1. The van der Waals surface area contributed by atoms with E-state index in [-0.39, 0.29) is 5.91 Å². The number of amides is 1. The van der Waals surface area contributed by atoms with Crippen LogP contribution in [-0.2, 0) is 4.74 Å². The van der Waals surface area contributed by atoms with Crippen molar-refractivity contribution in [2.45, 2.75) is 19.8 Å². The van der Waals surface area contributed by atoms with Crippen LogP contribution in [0.4, 0.5) is 0 Å². The van der Waals surface area contributed by atoms with E-state index in [2.05, 4.69) is 20.2 Å². The zero-order valence-corrected chi connectivity index (χ0v) is 12.8. The van der Waals surface area contributed by atoms with E-state index in [0.717, 1.165) is 44.8 Å². The molecule has 1 atom stereocenters. The Morgan fingerprint density at radius 2 is 2.43 bits per heavy atom. The molecular weight excluding hydrogens is 268 g/mol. The highest BCUT2D eigenvalue weighted by Gasteiger charge is 2.22. The van der Waals surface area contributed by atoms with E-state index in [1.165, 1.54) is 6.33 Å². The third-order valence-electron chi connectivity index (χ3n) is 3.90. The molecule has 0 aliphatic carbocycles. The number of rotatable bonds is 7. The van der Waals surface area contributed by atoms with Gasteiger partial charge in [-0.2, -0.15) is 0 Å². The first-order chi connectivity index (χ1) is 10.2. The summed E-state index contributed by atoms with van der Waals surface area (Å²) in [4.78, 5) is 22.5. The summed E-state index contributed by atoms with van der Waals surface area (Å²) < 4.78 is 5.07. The number of likely N-dealkylation sites (tertiary alicyclic amines) is 1. The molecule has 1 aromatic rings. The van der Waals surface area contributed by atoms with Gasteiger partial charge in [0.1, 0.15) is 6.33 Å². The average molecular weight is 292 g/mol. The summed E-state index contributed by atoms with van der Waals surface area (Å²) in [6.45, 7) is 6.58. The maximum atomic E-state index is 12.1. The van der Waals surface area contributed by atoms with Gasteiger partial charge < -0.3 is 15.0 Å². The van der Waals surface area contributed by atoms with Crippen LogP contribution in [-0.4, -0.2) is 60.7 Å². The molecule has 1 N–H and O–H groups in total. The van der Waals surface area contributed by atoms with E-state index < -0.39 is 0 Å².